The lowest BCUT2D eigenvalue weighted by Crippen LogP contribution is -2.29. The number of rotatable bonds is 8. The summed E-state index contributed by atoms with van der Waals surface area (Å²) >= 11 is 1.45. The minimum atomic E-state index is -3.58. The fraction of sp³-hybridized carbons (Fsp3) is 0.455. The van der Waals surface area contributed by atoms with Crippen LogP contribution in [0.25, 0.3) is 0 Å². The van der Waals surface area contributed by atoms with Crippen molar-refractivity contribution in [3.05, 3.63) is 45.8 Å². The van der Waals surface area contributed by atoms with Gasteiger partial charge in [-0.05, 0) is 49.2 Å². The van der Waals surface area contributed by atoms with E-state index in [0.717, 1.165) is 49.3 Å². The summed E-state index contributed by atoms with van der Waals surface area (Å²) in [6.45, 7) is 7.22. The van der Waals surface area contributed by atoms with E-state index >= 15 is 0 Å². The van der Waals surface area contributed by atoms with Crippen LogP contribution < -0.4 is 5.32 Å². The van der Waals surface area contributed by atoms with Crippen LogP contribution in [-0.4, -0.2) is 50.2 Å². The average Bonchev–Trinajstić information content (AvgIpc) is 3.13. The van der Waals surface area contributed by atoms with E-state index in [1.807, 2.05) is 6.92 Å². The van der Waals surface area contributed by atoms with Crippen molar-refractivity contribution in [2.45, 2.75) is 44.6 Å². The Morgan fingerprint density at radius 1 is 1.29 bits per heavy atom. The number of thiophene rings is 1. The lowest BCUT2D eigenvalue weighted by Gasteiger charge is -2.24. The number of amides is 1. The van der Waals surface area contributed by atoms with Crippen molar-refractivity contribution in [1.29, 1.82) is 5.26 Å². The Kier molecular flexibility index (Phi) is 7.49. The van der Waals surface area contributed by atoms with Crippen LogP contribution in [0.2, 0.25) is 0 Å². The first-order chi connectivity index (χ1) is 14.8. The van der Waals surface area contributed by atoms with Crippen LogP contribution in [0.3, 0.4) is 0 Å². The van der Waals surface area contributed by atoms with E-state index in [1.54, 1.807) is 7.05 Å². The van der Waals surface area contributed by atoms with E-state index in [-0.39, 0.29) is 10.8 Å². The normalized spacial score (nSPS) is 14.3. The lowest BCUT2D eigenvalue weighted by atomic mass is 10.0. The first-order valence-electron chi connectivity index (χ1n) is 10.5. The number of likely N-dealkylation sites (N-methyl/N-ethyl adjacent to an activating group) is 1. The van der Waals surface area contributed by atoms with Gasteiger partial charge in [0, 0.05) is 37.1 Å². The number of nitrogens with one attached hydrogen (secondary N) is 1. The molecule has 166 valence electrons. The van der Waals surface area contributed by atoms with Crippen LogP contribution in [-0.2, 0) is 23.0 Å². The zero-order valence-electron chi connectivity index (χ0n) is 18.1. The van der Waals surface area contributed by atoms with Crippen molar-refractivity contribution in [2.75, 3.05) is 32.0 Å². The summed E-state index contributed by atoms with van der Waals surface area (Å²) in [6, 6.07) is 8.17. The van der Waals surface area contributed by atoms with Crippen molar-refractivity contribution in [1.82, 2.24) is 9.21 Å². The molecule has 0 aliphatic carbocycles. The van der Waals surface area contributed by atoms with Gasteiger partial charge in [-0.15, -0.1) is 11.3 Å². The number of sulfonamides is 1. The first kappa shape index (κ1) is 23.4. The Hall–Kier alpha value is -2.25. The molecule has 3 rings (SSSR count). The molecule has 1 aromatic carbocycles. The maximum absolute atomic E-state index is 12.8. The van der Waals surface area contributed by atoms with Crippen LogP contribution in [0.15, 0.2) is 29.2 Å². The maximum atomic E-state index is 12.8. The van der Waals surface area contributed by atoms with Crippen molar-refractivity contribution in [2.24, 2.45) is 0 Å². The zero-order chi connectivity index (χ0) is 22.6. The highest BCUT2D eigenvalue weighted by Gasteiger charge is 2.25. The first-order valence-corrected chi connectivity index (χ1v) is 12.7. The second kappa shape index (κ2) is 9.92. The lowest BCUT2D eigenvalue weighted by molar-refractivity contribution is 0.102. The molecule has 0 atom stereocenters. The van der Waals surface area contributed by atoms with Crippen molar-refractivity contribution < 1.29 is 13.2 Å². The summed E-state index contributed by atoms with van der Waals surface area (Å²) in [4.78, 5) is 16.4. The Balaban J connectivity index is 1.76. The SMILES string of the molecule is CCCCN(C)S(=O)(=O)c1ccc(C(=O)Nc2sc3c(c2C#N)CCN(CC)C3)cc1. The number of unbranched alkanes of at least 4 members (excludes halogenated alkanes) is 1. The molecule has 9 heteroatoms. The monoisotopic (exact) mass is 460 g/mol. The molecule has 0 saturated heterocycles. The van der Waals surface area contributed by atoms with Crippen LogP contribution in [0.4, 0.5) is 5.00 Å². The minimum Gasteiger partial charge on any atom is -0.312 e. The predicted octanol–water partition coefficient (Wildman–Crippen LogP) is 3.67. The van der Waals surface area contributed by atoms with Gasteiger partial charge in [0.1, 0.15) is 11.1 Å². The summed E-state index contributed by atoms with van der Waals surface area (Å²) in [6.07, 6.45) is 2.50. The molecule has 0 saturated carbocycles. The maximum Gasteiger partial charge on any atom is 0.256 e. The number of benzene rings is 1. The number of hydrogen-bond donors (Lipinski definition) is 1. The van der Waals surface area contributed by atoms with E-state index in [0.29, 0.717) is 22.7 Å². The number of anilines is 1. The molecule has 1 N–H and O–H groups in total. The molecule has 1 amide bonds. The molecule has 7 nitrogen and oxygen atoms in total. The highest BCUT2D eigenvalue weighted by atomic mass is 32.2. The van der Waals surface area contributed by atoms with Crippen molar-refractivity contribution >= 4 is 32.3 Å². The van der Waals surface area contributed by atoms with Gasteiger partial charge in [0.05, 0.1) is 10.5 Å². The van der Waals surface area contributed by atoms with Gasteiger partial charge in [-0.25, -0.2) is 12.7 Å². The van der Waals surface area contributed by atoms with E-state index in [1.165, 1.54) is 39.9 Å². The highest BCUT2D eigenvalue weighted by Crippen LogP contribution is 2.36. The predicted molar refractivity (Wildman–Crippen MR) is 123 cm³/mol. The summed E-state index contributed by atoms with van der Waals surface area (Å²) in [5, 5.41) is 13.0. The minimum absolute atomic E-state index is 0.159. The summed E-state index contributed by atoms with van der Waals surface area (Å²) < 4.78 is 26.6. The van der Waals surface area contributed by atoms with Gasteiger partial charge in [0.25, 0.3) is 5.91 Å². The molecular weight excluding hydrogens is 432 g/mol. The van der Waals surface area contributed by atoms with E-state index in [9.17, 15) is 18.5 Å². The number of carbonyl (C=O) groups is 1. The fourth-order valence-electron chi connectivity index (χ4n) is 3.57. The Morgan fingerprint density at radius 3 is 2.61 bits per heavy atom. The Bertz CT molecular complexity index is 1090. The average molecular weight is 461 g/mol. The molecule has 0 radical (unpaired) electrons. The van der Waals surface area contributed by atoms with Gasteiger partial charge in [-0.1, -0.05) is 20.3 Å². The van der Waals surface area contributed by atoms with E-state index < -0.39 is 10.0 Å². The molecule has 31 heavy (non-hydrogen) atoms. The third kappa shape index (κ3) is 4.99. The van der Waals surface area contributed by atoms with Crippen LogP contribution in [0, 0.1) is 11.3 Å². The number of nitrogens with zero attached hydrogens (tertiary/aromatic N) is 3. The van der Waals surface area contributed by atoms with Gasteiger partial charge in [-0.3, -0.25) is 9.69 Å². The molecule has 2 aromatic rings. The zero-order valence-corrected chi connectivity index (χ0v) is 19.8. The summed E-state index contributed by atoms with van der Waals surface area (Å²) in [5.74, 6) is -0.356. The molecule has 0 fully saturated rings. The number of fused-ring (bicyclic) bond motifs is 1. The molecule has 1 aliphatic rings. The quantitative estimate of drug-likeness (QED) is 0.649. The Morgan fingerprint density at radius 2 is 2.00 bits per heavy atom. The molecule has 2 heterocycles. The Labute approximate surface area is 188 Å². The van der Waals surface area contributed by atoms with E-state index in [2.05, 4.69) is 23.2 Å². The summed E-state index contributed by atoms with van der Waals surface area (Å²) in [7, 11) is -2.01. The van der Waals surface area contributed by atoms with E-state index in [4.69, 9.17) is 0 Å². The molecule has 0 spiro atoms. The van der Waals surface area contributed by atoms with Crippen LogP contribution >= 0.6 is 11.3 Å². The van der Waals surface area contributed by atoms with Gasteiger partial charge < -0.3 is 5.32 Å². The van der Waals surface area contributed by atoms with Gasteiger partial charge in [0.2, 0.25) is 10.0 Å². The topological polar surface area (TPSA) is 93.5 Å². The smallest absolute Gasteiger partial charge is 0.256 e. The number of hydrogen-bond acceptors (Lipinski definition) is 6. The summed E-state index contributed by atoms with van der Waals surface area (Å²) in [5.41, 5.74) is 1.92. The van der Waals surface area contributed by atoms with Crippen molar-refractivity contribution in [3.63, 3.8) is 0 Å². The molecule has 1 aromatic heterocycles. The second-order valence-corrected chi connectivity index (χ2v) is 10.7. The highest BCUT2D eigenvalue weighted by molar-refractivity contribution is 7.89. The van der Waals surface area contributed by atoms with Gasteiger partial charge in [0.15, 0.2) is 0 Å². The van der Waals surface area contributed by atoms with Crippen molar-refractivity contribution in [3.8, 4) is 6.07 Å². The number of carbonyl (C=O) groups excluding carboxylic acids is 1. The molecular formula is C22H28N4O3S2. The third-order valence-corrected chi connectivity index (χ3v) is 8.58. The standard InChI is InChI=1S/C22H28N4O3S2/c1-4-6-12-25(3)31(28,29)17-9-7-16(8-10-17)21(27)24-22-19(14-23)18-11-13-26(5-2)15-20(18)30-22/h7-10H,4-6,11-13,15H2,1-3H3,(H,24,27). The van der Waals surface area contributed by atoms with Crippen LogP contribution in [0.1, 0.15) is 53.1 Å². The molecule has 0 bridgehead atoms. The molecule has 1 aliphatic heterocycles. The molecule has 0 unspecified atom stereocenters. The third-order valence-electron chi connectivity index (χ3n) is 5.57. The van der Waals surface area contributed by atoms with Gasteiger partial charge >= 0.3 is 0 Å². The number of nitriles is 1. The van der Waals surface area contributed by atoms with Gasteiger partial charge in [-0.2, -0.15) is 5.26 Å². The van der Waals surface area contributed by atoms with Crippen LogP contribution in [0.5, 0.6) is 0 Å². The largest absolute Gasteiger partial charge is 0.312 e. The fourth-order valence-corrected chi connectivity index (χ4v) is 6.01. The second-order valence-electron chi connectivity index (χ2n) is 7.60.